The van der Waals surface area contributed by atoms with Crippen molar-refractivity contribution in [3.8, 4) is 5.75 Å². The lowest BCUT2D eigenvalue weighted by atomic mass is 9.91. The maximum atomic E-state index is 13.1. The van der Waals surface area contributed by atoms with E-state index in [9.17, 15) is 4.79 Å². The predicted octanol–water partition coefficient (Wildman–Crippen LogP) is 2.61. The molecule has 0 saturated carbocycles. The molecule has 0 radical (unpaired) electrons. The smallest absolute Gasteiger partial charge is 0.231 e. The summed E-state index contributed by atoms with van der Waals surface area (Å²) in [6.45, 7) is 3.09. The molecule has 2 aromatic rings. The molecule has 1 aromatic heterocycles. The molecule has 1 aromatic carbocycles. The molecular weight excluding hydrogens is 294 g/mol. The third kappa shape index (κ3) is 2.48. The quantitative estimate of drug-likeness (QED) is 0.852. The summed E-state index contributed by atoms with van der Waals surface area (Å²) in [5.41, 5.74) is 0.985. The van der Waals surface area contributed by atoms with Crippen LogP contribution in [-0.2, 0) is 4.79 Å². The summed E-state index contributed by atoms with van der Waals surface area (Å²) in [6.07, 6.45) is 2.56. The molecular formula is C17H19N3O3. The van der Waals surface area contributed by atoms with Gasteiger partial charge in [0, 0.05) is 19.0 Å². The van der Waals surface area contributed by atoms with E-state index < -0.39 is 0 Å². The summed E-state index contributed by atoms with van der Waals surface area (Å²) in [5.74, 6) is 1.98. The summed E-state index contributed by atoms with van der Waals surface area (Å²) < 4.78 is 10.8. The predicted molar refractivity (Wildman–Crippen MR) is 82.0 cm³/mol. The molecule has 0 N–H and O–H groups in total. The molecule has 1 saturated heterocycles. The number of rotatable bonds is 2. The van der Waals surface area contributed by atoms with E-state index in [0.717, 1.165) is 30.7 Å². The molecule has 120 valence electrons. The van der Waals surface area contributed by atoms with Gasteiger partial charge in [-0.2, -0.15) is 4.98 Å². The highest BCUT2D eigenvalue weighted by atomic mass is 16.5. The second-order valence-electron chi connectivity index (χ2n) is 6.09. The van der Waals surface area contributed by atoms with Crippen LogP contribution < -0.4 is 4.74 Å². The zero-order chi connectivity index (χ0) is 15.8. The fourth-order valence-electron chi connectivity index (χ4n) is 3.55. The number of hydrogen-bond donors (Lipinski definition) is 0. The molecule has 2 aliphatic rings. The Morgan fingerprint density at radius 3 is 3.00 bits per heavy atom. The lowest BCUT2D eigenvalue weighted by Gasteiger charge is -2.30. The number of ether oxygens (including phenoxy) is 1. The van der Waals surface area contributed by atoms with Crippen molar-refractivity contribution in [1.29, 1.82) is 0 Å². The Hall–Kier alpha value is -2.37. The number of aromatic nitrogens is 2. The molecule has 6 nitrogen and oxygen atoms in total. The second kappa shape index (κ2) is 5.68. The second-order valence-corrected chi connectivity index (χ2v) is 6.09. The number of benzene rings is 1. The van der Waals surface area contributed by atoms with E-state index in [2.05, 4.69) is 10.1 Å². The van der Waals surface area contributed by atoms with E-state index in [1.165, 1.54) is 0 Å². The van der Waals surface area contributed by atoms with E-state index in [0.29, 0.717) is 24.7 Å². The molecule has 3 heterocycles. The molecule has 0 bridgehead atoms. The van der Waals surface area contributed by atoms with Gasteiger partial charge in [0.25, 0.3) is 0 Å². The largest absolute Gasteiger partial charge is 0.493 e. The highest BCUT2D eigenvalue weighted by Gasteiger charge is 2.38. The standard InChI is InChI=1S/C17H19N3O3/c1-11-18-16(19-23-11)14-6-4-9-20(14)17(21)13-8-10-22-15-7-3-2-5-12(13)15/h2-3,5,7,13-14H,4,6,8-10H2,1H3/t13-,14-/m1/s1. The number of likely N-dealkylation sites (tertiary alicyclic amines) is 1. The first-order valence-corrected chi connectivity index (χ1v) is 8.06. The fraction of sp³-hybridized carbons (Fsp3) is 0.471. The topological polar surface area (TPSA) is 68.5 Å². The molecule has 0 spiro atoms. The summed E-state index contributed by atoms with van der Waals surface area (Å²) in [5, 5.41) is 4.02. The Labute approximate surface area is 134 Å². The summed E-state index contributed by atoms with van der Waals surface area (Å²) in [7, 11) is 0. The lowest BCUT2D eigenvalue weighted by molar-refractivity contribution is -0.134. The SMILES string of the molecule is Cc1nc([C@H]2CCCN2C(=O)[C@@H]2CCOc3ccccc32)no1. The summed E-state index contributed by atoms with van der Waals surface area (Å²) in [6, 6.07) is 7.74. The summed E-state index contributed by atoms with van der Waals surface area (Å²) >= 11 is 0. The van der Waals surface area contributed by atoms with Gasteiger partial charge in [0.2, 0.25) is 11.8 Å². The average Bonchev–Trinajstić information content (AvgIpc) is 3.22. The minimum absolute atomic E-state index is 0.0741. The molecule has 6 heteroatoms. The van der Waals surface area contributed by atoms with Crippen LogP contribution >= 0.6 is 0 Å². The van der Waals surface area contributed by atoms with Crippen LogP contribution in [0.5, 0.6) is 5.75 Å². The zero-order valence-electron chi connectivity index (χ0n) is 13.1. The number of carbonyl (C=O) groups is 1. The van der Waals surface area contributed by atoms with Gasteiger partial charge in [-0.05, 0) is 25.3 Å². The number of fused-ring (bicyclic) bond motifs is 1. The highest BCUT2D eigenvalue weighted by Crippen LogP contribution is 2.38. The Morgan fingerprint density at radius 2 is 2.17 bits per heavy atom. The van der Waals surface area contributed by atoms with Gasteiger partial charge in [0.1, 0.15) is 5.75 Å². The third-order valence-electron chi connectivity index (χ3n) is 4.63. The fourth-order valence-corrected chi connectivity index (χ4v) is 3.55. The number of hydrogen-bond acceptors (Lipinski definition) is 5. The van der Waals surface area contributed by atoms with E-state index in [4.69, 9.17) is 9.26 Å². The van der Waals surface area contributed by atoms with Crippen LogP contribution in [0.25, 0.3) is 0 Å². The number of carbonyl (C=O) groups excluding carboxylic acids is 1. The van der Waals surface area contributed by atoms with Gasteiger partial charge < -0.3 is 14.2 Å². The minimum atomic E-state index is -0.145. The molecule has 2 aliphatic heterocycles. The Kier molecular flexibility index (Phi) is 3.52. The van der Waals surface area contributed by atoms with E-state index >= 15 is 0 Å². The van der Waals surface area contributed by atoms with Crippen molar-refractivity contribution >= 4 is 5.91 Å². The van der Waals surface area contributed by atoms with Gasteiger partial charge in [-0.3, -0.25) is 4.79 Å². The van der Waals surface area contributed by atoms with Crippen LogP contribution in [0.4, 0.5) is 0 Å². The number of aryl methyl sites for hydroxylation is 1. The van der Waals surface area contributed by atoms with E-state index in [1.54, 1.807) is 6.92 Å². The van der Waals surface area contributed by atoms with Crippen molar-refractivity contribution in [2.45, 2.75) is 38.1 Å². The highest BCUT2D eigenvalue weighted by molar-refractivity contribution is 5.85. The maximum Gasteiger partial charge on any atom is 0.231 e. The van der Waals surface area contributed by atoms with E-state index in [-0.39, 0.29) is 17.9 Å². The minimum Gasteiger partial charge on any atom is -0.493 e. The van der Waals surface area contributed by atoms with Crippen LogP contribution in [0.2, 0.25) is 0 Å². The molecule has 0 aliphatic carbocycles. The first kappa shape index (κ1) is 14.2. The Bertz CT molecular complexity index is 727. The van der Waals surface area contributed by atoms with Gasteiger partial charge in [-0.1, -0.05) is 23.4 Å². The lowest BCUT2D eigenvalue weighted by Crippen LogP contribution is -2.37. The van der Waals surface area contributed by atoms with Gasteiger partial charge in [-0.25, -0.2) is 0 Å². The monoisotopic (exact) mass is 313 g/mol. The van der Waals surface area contributed by atoms with Crippen LogP contribution in [0.3, 0.4) is 0 Å². The van der Waals surface area contributed by atoms with Gasteiger partial charge in [-0.15, -0.1) is 0 Å². The Morgan fingerprint density at radius 1 is 1.30 bits per heavy atom. The average molecular weight is 313 g/mol. The van der Waals surface area contributed by atoms with Crippen LogP contribution in [-0.4, -0.2) is 34.1 Å². The molecule has 4 rings (SSSR count). The van der Waals surface area contributed by atoms with Crippen molar-refractivity contribution in [2.24, 2.45) is 0 Å². The van der Waals surface area contributed by atoms with Crippen molar-refractivity contribution in [3.63, 3.8) is 0 Å². The van der Waals surface area contributed by atoms with E-state index in [1.807, 2.05) is 29.2 Å². The van der Waals surface area contributed by atoms with Gasteiger partial charge >= 0.3 is 0 Å². The number of amides is 1. The van der Waals surface area contributed by atoms with Gasteiger partial charge in [0.05, 0.1) is 18.6 Å². The molecule has 1 amide bonds. The van der Waals surface area contributed by atoms with Crippen LogP contribution in [0.15, 0.2) is 28.8 Å². The maximum absolute atomic E-state index is 13.1. The van der Waals surface area contributed by atoms with Crippen molar-refractivity contribution < 1.29 is 14.1 Å². The number of nitrogens with zero attached hydrogens (tertiary/aromatic N) is 3. The van der Waals surface area contributed by atoms with Crippen molar-refractivity contribution in [1.82, 2.24) is 15.0 Å². The van der Waals surface area contributed by atoms with Crippen molar-refractivity contribution in [3.05, 3.63) is 41.5 Å². The third-order valence-corrected chi connectivity index (χ3v) is 4.63. The Balaban J connectivity index is 1.62. The van der Waals surface area contributed by atoms with Crippen LogP contribution in [0, 0.1) is 6.92 Å². The summed E-state index contributed by atoms with van der Waals surface area (Å²) in [4.78, 5) is 19.4. The van der Waals surface area contributed by atoms with Gasteiger partial charge in [0.15, 0.2) is 5.82 Å². The molecule has 1 fully saturated rings. The first-order chi connectivity index (χ1) is 11.2. The molecule has 2 atom stereocenters. The zero-order valence-corrected chi connectivity index (χ0v) is 13.1. The van der Waals surface area contributed by atoms with Crippen molar-refractivity contribution in [2.75, 3.05) is 13.2 Å². The first-order valence-electron chi connectivity index (χ1n) is 8.06. The molecule has 23 heavy (non-hydrogen) atoms. The van der Waals surface area contributed by atoms with Crippen LogP contribution in [0.1, 0.15) is 48.5 Å². The number of para-hydroxylation sites is 1. The molecule has 0 unspecified atom stereocenters. The normalized spacial score (nSPS) is 23.4.